The van der Waals surface area contributed by atoms with E-state index in [1.807, 2.05) is 24.3 Å². The third-order valence-corrected chi connectivity index (χ3v) is 5.27. The van der Waals surface area contributed by atoms with Gasteiger partial charge in [0, 0.05) is 42.3 Å². The number of nitrogens with one attached hydrogen (secondary N) is 1. The number of piperidine rings is 1. The van der Waals surface area contributed by atoms with Gasteiger partial charge in [-0.2, -0.15) is 0 Å². The molecule has 0 bridgehead atoms. The predicted molar refractivity (Wildman–Crippen MR) is 105 cm³/mol. The quantitative estimate of drug-likeness (QED) is 0.600. The molecule has 0 aliphatic carbocycles. The maximum absolute atomic E-state index is 13.9. The molecule has 28 heavy (non-hydrogen) atoms. The van der Waals surface area contributed by atoms with Crippen molar-refractivity contribution < 1.29 is 14.1 Å². The average Bonchev–Trinajstić information content (AvgIpc) is 2.67. The molecule has 0 radical (unpaired) electrons. The first kappa shape index (κ1) is 20.2. The van der Waals surface area contributed by atoms with Gasteiger partial charge < -0.3 is 5.32 Å². The molecule has 0 saturated carbocycles. The van der Waals surface area contributed by atoms with Gasteiger partial charge in [-0.1, -0.05) is 23.7 Å². The average molecular weight is 406 g/mol. The van der Waals surface area contributed by atoms with Crippen LogP contribution in [-0.2, 0) is 6.54 Å². The second kappa shape index (κ2) is 8.67. The van der Waals surface area contributed by atoms with Crippen molar-refractivity contribution in [3.05, 3.63) is 74.0 Å². The van der Waals surface area contributed by atoms with Crippen molar-refractivity contribution in [3.63, 3.8) is 0 Å². The fraction of sp³-hybridized carbons (Fsp3) is 0.350. The first-order valence-electron chi connectivity index (χ1n) is 9.05. The molecule has 1 aliphatic rings. The van der Waals surface area contributed by atoms with Crippen LogP contribution < -0.4 is 5.32 Å². The highest BCUT2D eigenvalue weighted by atomic mass is 35.5. The van der Waals surface area contributed by atoms with Crippen molar-refractivity contribution in [2.24, 2.45) is 0 Å². The van der Waals surface area contributed by atoms with Crippen LogP contribution in [0.4, 0.5) is 10.1 Å². The molecular formula is C20H21ClFN3O3. The summed E-state index contributed by atoms with van der Waals surface area (Å²) in [5, 5.41) is 14.6. The molecule has 6 nitrogen and oxygen atoms in total. The monoisotopic (exact) mass is 405 g/mol. The number of likely N-dealkylation sites (tertiary alicyclic amines) is 1. The van der Waals surface area contributed by atoms with Gasteiger partial charge in [0.1, 0.15) is 5.82 Å². The Labute approximate surface area is 167 Å². The maximum Gasteiger partial charge on any atom is 0.276 e. The molecule has 3 rings (SSSR count). The molecule has 1 saturated heterocycles. The standard InChI is InChI=1S/C20H21ClFN3O3/c1-13-18(22)10-15(11-19(13)25(27)28)20(26)23-17-6-8-24(9-7-17)12-14-2-4-16(21)5-3-14/h2-5,10-11,17H,6-9,12H2,1H3,(H,23,26). The lowest BCUT2D eigenvalue weighted by Crippen LogP contribution is -2.44. The molecule has 1 N–H and O–H groups in total. The molecule has 1 fully saturated rings. The van der Waals surface area contributed by atoms with Gasteiger partial charge in [-0.05, 0) is 43.5 Å². The minimum Gasteiger partial charge on any atom is -0.349 e. The van der Waals surface area contributed by atoms with Crippen LogP contribution in [0.2, 0.25) is 5.02 Å². The van der Waals surface area contributed by atoms with Crippen molar-refractivity contribution in [1.29, 1.82) is 0 Å². The van der Waals surface area contributed by atoms with Gasteiger partial charge >= 0.3 is 0 Å². The van der Waals surface area contributed by atoms with Crippen LogP contribution in [0, 0.1) is 22.9 Å². The first-order chi connectivity index (χ1) is 13.3. The maximum atomic E-state index is 13.9. The molecule has 0 atom stereocenters. The summed E-state index contributed by atoms with van der Waals surface area (Å²) >= 11 is 5.90. The van der Waals surface area contributed by atoms with E-state index in [0.717, 1.165) is 44.6 Å². The van der Waals surface area contributed by atoms with E-state index >= 15 is 0 Å². The smallest absolute Gasteiger partial charge is 0.276 e. The molecule has 1 aliphatic heterocycles. The van der Waals surface area contributed by atoms with Crippen molar-refractivity contribution in [3.8, 4) is 0 Å². The summed E-state index contributed by atoms with van der Waals surface area (Å²) in [4.78, 5) is 25.1. The van der Waals surface area contributed by atoms with Gasteiger partial charge in [-0.3, -0.25) is 19.8 Å². The van der Waals surface area contributed by atoms with Crippen molar-refractivity contribution in [2.75, 3.05) is 13.1 Å². The number of hydrogen-bond donors (Lipinski definition) is 1. The van der Waals surface area contributed by atoms with E-state index < -0.39 is 16.6 Å². The normalized spacial score (nSPS) is 15.4. The van der Waals surface area contributed by atoms with Crippen LogP contribution in [0.1, 0.15) is 34.3 Å². The summed E-state index contributed by atoms with van der Waals surface area (Å²) in [5.41, 5.74) is 0.688. The zero-order chi connectivity index (χ0) is 20.3. The first-order valence-corrected chi connectivity index (χ1v) is 9.43. The molecular weight excluding hydrogens is 385 g/mol. The Morgan fingerprint density at radius 3 is 2.54 bits per heavy atom. The number of carbonyl (C=O) groups is 1. The van der Waals surface area contributed by atoms with Crippen LogP contribution in [0.3, 0.4) is 0 Å². The van der Waals surface area contributed by atoms with Crippen LogP contribution in [0.25, 0.3) is 0 Å². The molecule has 0 aromatic heterocycles. The predicted octanol–water partition coefficient (Wildman–Crippen LogP) is 4.09. The van der Waals surface area contributed by atoms with Gasteiger partial charge in [0.05, 0.1) is 10.5 Å². The lowest BCUT2D eigenvalue weighted by Gasteiger charge is -2.32. The summed E-state index contributed by atoms with van der Waals surface area (Å²) in [6, 6.07) is 9.85. The van der Waals surface area contributed by atoms with E-state index in [0.29, 0.717) is 5.02 Å². The van der Waals surface area contributed by atoms with E-state index in [1.165, 1.54) is 12.5 Å². The van der Waals surface area contributed by atoms with Crippen LogP contribution >= 0.6 is 11.6 Å². The number of hydrogen-bond acceptors (Lipinski definition) is 4. The zero-order valence-electron chi connectivity index (χ0n) is 15.5. The van der Waals surface area contributed by atoms with E-state index in [-0.39, 0.29) is 22.9 Å². The Kier molecular flexibility index (Phi) is 6.26. The second-order valence-electron chi connectivity index (χ2n) is 7.01. The summed E-state index contributed by atoms with van der Waals surface area (Å²) in [6.45, 7) is 3.77. The Hall–Kier alpha value is -2.51. The molecule has 0 unspecified atom stereocenters. The molecule has 8 heteroatoms. The third kappa shape index (κ3) is 4.85. The fourth-order valence-electron chi connectivity index (χ4n) is 3.34. The SMILES string of the molecule is Cc1c(F)cc(C(=O)NC2CCN(Cc3ccc(Cl)cc3)CC2)cc1[N+](=O)[O-]. The summed E-state index contributed by atoms with van der Waals surface area (Å²) < 4.78 is 13.9. The van der Waals surface area contributed by atoms with Gasteiger partial charge in [-0.25, -0.2) is 4.39 Å². The number of carbonyl (C=O) groups excluding carboxylic acids is 1. The number of amides is 1. The van der Waals surface area contributed by atoms with Crippen LogP contribution in [0.5, 0.6) is 0 Å². The number of halogens is 2. The van der Waals surface area contributed by atoms with Gasteiger partial charge in [-0.15, -0.1) is 0 Å². The van der Waals surface area contributed by atoms with Crippen molar-refractivity contribution in [1.82, 2.24) is 10.2 Å². The fourth-order valence-corrected chi connectivity index (χ4v) is 3.46. The van der Waals surface area contributed by atoms with Crippen LogP contribution in [-0.4, -0.2) is 34.9 Å². The van der Waals surface area contributed by atoms with Gasteiger partial charge in [0.2, 0.25) is 0 Å². The Balaban J connectivity index is 1.56. The van der Waals surface area contributed by atoms with Gasteiger partial charge in [0.25, 0.3) is 11.6 Å². The van der Waals surface area contributed by atoms with E-state index in [1.54, 1.807) is 0 Å². The van der Waals surface area contributed by atoms with Gasteiger partial charge in [0.15, 0.2) is 0 Å². The number of nitro benzene ring substituents is 1. The summed E-state index contributed by atoms with van der Waals surface area (Å²) in [6.07, 6.45) is 1.52. The van der Waals surface area contributed by atoms with E-state index in [2.05, 4.69) is 10.2 Å². The third-order valence-electron chi connectivity index (χ3n) is 5.02. The molecule has 0 spiro atoms. The van der Waals surface area contributed by atoms with Crippen molar-refractivity contribution in [2.45, 2.75) is 32.4 Å². The number of benzene rings is 2. The zero-order valence-corrected chi connectivity index (χ0v) is 16.2. The number of nitro groups is 1. The number of rotatable bonds is 5. The van der Waals surface area contributed by atoms with E-state index in [9.17, 15) is 19.3 Å². The molecule has 148 valence electrons. The Bertz CT molecular complexity index is 881. The van der Waals surface area contributed by atoms with Crippen LogP contribution in [0.15, 0.2) is 36.4 Å². The highest BCUT2D eigenvalue weighted by Gasteiger charge is 2.24. The van der Waals surface area contributed by atoms with E-state index in [4.69, 9.17) is 11.6 Å². The summed E-state index contributed by atoms with van der Waals surface area (Å²) in [7, 11) is 0. The lowest BCUT2D eigenvalue weighted by atomic mass is 10.0. The largest absolute Gasteiger partial charge is 0.349 e. The summed E-state index contributed by atoms with van der Waals surface area (Å²) in [5.74, 6) is -1.24. The molecule has 2 aromatic carbocycles. The lowest BCUT2D eigenvalue weighted by molar-refractivity contribution is -0.385. The minimum atomic E-state index is -0.753. The molecule has 1 heterocycles. The minimum absolute atomic E-state index is 0.0293. The highest BCUT2D eigenvalue weighted by molar-refractivity contribution is 6.30. The second-order valence-corrected chi connectivity index (χ2v) is 7.45. The molecule has 1 amide bonds. The highest BCUT2D eigenvalue weighted by Crippen LogP contribution is 2.23. The number of nitrogens with zero attached hydrogens (tertiary/aromatic N) is 2. The molecule has 2 aromatic rings. The van der Waals surface area contributed by atoms with Crippen molar-refractivity contribution >= 4 is 23.2 Å². The Morgan fingerprint density at radius 1 is 1.29 bits per heavy atom. The topological polar surface area (TPSA) is 75.5 Å². The Morgan fingerprint density at radius 2 is 1.93 bits per heavy atom.